The van der Waals surface area contributed by atoms with Gasteiger partial charge in [-0.15, -0.1) is 0 Å². The third-order valence-corrected chi connectivity index (χ3v) is 5.15. The number of nitrogens with zero attached hydrogens (tertiary/aromatic N) is 2. The maximum absolute atomic E-state index is 12.3. The van der Waals surface area contributed by atoms with Gasteiger partial charge in [0.15, 0.2) is 0 Å². The summed E-state index contributed by atoms with van der Waals surface area (Å²) >= 11 is 5.92. The maximum atomic E-state index is 12.3. The Bertz CT molecular complexity index is 632. The number of piperazine rings is 1. The molecule has 0 spiro atoms. The highest BCUT2D eigenvalue weighted by Gasteiger charge is 2.30. The van der Waals surface area contributed by atoms with Crippen LogP contribution in [0.25, 0.3) is 0 Å². The Labute approximate surface area is 158 Å². The van der Waals surface area contributed by atoms with Crippen molar-refractivity contribution in [3.05, 3.63) is 29.3 Å². The molecule has 2 atom stereocenters. The molecule has 2 saturated heterocycles. The van der Waals surface area contributed by atoms with E-state index in [-0.39, 0.29) is 24.5 Å². The summed E-state index contributed by atoms with van der Waals surface area (Å²) < 4.78 is 5.54. The third kappa shape index (κ3) is 4.66. The molecule has 2 heterocycles. The predicted molar refractivity (Wildman–Crippen MR) is 100 cm³/mol. The highest BCUT2D eigenvalue weighted by atomic mass is 35.5. The zero-order chi connectivity index (χ0) is 18.5. The normalized spacial score (nSPS) is 23.2. The fourth-order valence-electron chi connectivity index (χ4n) is 3.33. The van der Waals surface area contributed by atoms with Gasteiger partial charge < -0.3 is 25.6 Å². The molecular weight excluding hydrogens is 356 g/mol. The molecule has 0 bridgehead atoms. The Morgan fingerprint density at radius 1 is 1.15 bits per heavy atom. The summed E-state index contributed by atoms with van der Waals surface area (Å²) in [6.45, 7) is 3.20. The van der Waals surface area contributed by atoms with Gasteiger partial charge in [-0.1, -0.05) is 11.6 Å². The van der Waals surface area contributed by atoms with Gasteiger partial charge in [-0.25, -0.2) is 0 Å². The molecule has 0 unspecified atom stereocenters. The summed E-state index contributed by atoms with van der Waals surface area (Å²) in [4.78, 5) is 28.4. The van der Waals surface area contributed by atoms with Crippen molar-refractivity contribution in [1.82, 2.24) is 10.2 Å². The van der Waals surface area contributed by atoms with Crippen LogP contribution < -0.4 is 16.0 Å². The van der Waals surface area contributed by atoms with Gasteiger partial charge in [-0.3, -0.25) is 9.59 Å². The number of carbonyl (C=O) groups is 2. The molecule has 0 aliphatic carbocycles. The summed E-state index contributed by atoms with van der Waals surface area (Å²) in [6.07, 6.45) is 0.900. The number of hydrogen-bond acceptors (Lipinski definition) is 5. The first-order valence-corrected chi connectivity index (χ1v) is 9.36. The first-order valence-electron chi connectivity index (χ1n) is 8.98. The second-order valence-corrected chi connectivity index (χ2v) is 7.06. The van der Waals surface area contributed by atoms with Crippen molar-refractivity contribution in [3.8, 4) is 0 Å². The van der Waals surface area contributed by atoms with Crippen LogP contribution in [0.5, 0.6) is 0 Å². The van der Waals surface area contributed by atoms with Crippen molar-refractivity contribution in [2.45, 2.75) is 25.0 Å². The molecule has 2 fully saturated rings. The molecule has 2 aliphatic heterocycles. The largest absolute Gasteiger partial charge is 0.368 e. The Morgan fingerprint density at radius 2 is 1.85 bits per heavy atom. The number of nitrogens with one attached hydrogen (secondary N) is 1. The first-order chi connectivity index (χ1) is 12.6. The smallest absolute Gasteiger partial charge is 0.249 e. The topological polar surface area (TPSA) is 87.9 Å². The minimum atomic E-state index is -0.488. The molecule has 1 aromatic carbocycles. The number of rotatable bonds is 5. The van der Waals surface area contributed by atoms with Crippen LogP contribution in [0.2, 0.25) is 5.02 Å². The second-order valence-electron chi connectivity index (χ2n) is 6.62. The molecule has 26 heavy (non-hydrogen) atoms. The summed E-state index contributed by atoms with van der Waals surface area (Å²) in [7, 11) is 0. The van der Waals surface area contributed by atoms with Crippen molar-refractivity contribution in [3.63, 3.8) is 0 Å². The van der Waals surface area contributed by atoms with Crippen LogP contribution in [0.1, 0.15) is 12.8 Å². The summed E-state index contributed by atoms with van der Waals surface area (Å²) in [5.41, 5.74) is 6.65. The standard InChI is InChI=1S/C18H25ClN4O3/c19-13-1-3-14(4-2-13)22-7-9-23(10-8-22)17(24)12-21-18(25)16-6-5-15(11-20)26-16/h1-4,15-16H,5-12,20H2,(H,21,25)/t15-,16+/m1/s1. The summed E-state index contributed by atoms with van der Waals surface area (Å²) in [5, 5.41) is 3.40. The fourth-order valence-corrected chi connectivity index (χ4v) is 3.45. The lowest BCUT2D eigenvalue weighted by atomic mass is 10.2. The lowest BCUT2D eigenvalue weighted by Gasteiger charge is -2.36. The van der Waals surface area contributed by atoms with Gasteiger partial charge in [0.05, 0.1) is 12.6 Å². The number of hydrogen-bond donors (Lipinski definition) is 2. The van der Waals surface area contributed by atoms with E-state index in [1.165, 1.54) is 0 Å². The number of nitrogens with two attached hydrogens (primary N) is 1. The van der Waals surface area contributed by atoms with E-state index in [0.29, 0.717) is 31.1 Å². The van der Waals surface area contributed by atoms with E-state index in [0.717, 1.165) is 25.2 Å². The van der Waals surface area contributed by atoms with Crippen LogP contribution in [0.3, 0.4) is 0 Å². The molecule has 7 nitrogen and oxygen atoms in total. The van der Waals surface area contributed by atoms with Crippen LogP contribution in [0.4, 0.5) is 5.69 Å². The van der Waals surface area contributed by atoms with E-state index in [1.54, 1.807) is 4.90 Å². The van der Waals surface area contributed by atoms with Gasteiger partial charge in [0.2, 0.25) is 11.8 Å². The summed E-state index contributed by atoms with van der Waals surface area (Å²) in [5.74, 6) is -0.295. The minimum absolute atomic E-state index is 0.00687. The Balaban J connectivity index is 1.41. The van der Waals surface area contributed by atoms with Crippen LogP contribution in [0, 0.1) is 0 Å². The predicted octanol–water partition coefficient (Wildman–Crippen LogP) is 0.611. The van der Waals surface area contributed by atoms with Crippen LogP contribution in [-0.4, -0.2) is 68.2 Å². The molecule has 142 valence electrons. The molecule has 2 amide bonds. The van der Waals surface area contributed by atoms with E-state index in [4.69, 9.17) is 22.1 Å². The van der Waals surface area contributed by atoms with Crippen molar-refractivity contribution >= 4 is 29.1 Å². The van der Waals surface area contributed by atoms with E-state index < -0.39 is 6.10 Å². The van der Waals surface area contributed by atoms with E-state index in [9.17, 15) is 9.59 Å². The van der Waals surface area contributed by atoms with Crippen molar-refractivity contribution in [1.29, 1.82) is 0 Å². The number of carbonyl (C=O) groups excluding carboxylic acids is 2. The number of benzene rings is 1. The second kappa shape index (κ2) is 8.70. The fraction of sp³-hybridized carbons (Fsp3) is 0.556. The number of ether oxygens (including phenoxy) is 1. The quantitative estimate of drug-likeness (QED) is 0.781. The monoisotopic (exact) mass is 380 g/mol. The average Bonchev–Trinajstić information content (AvgIpc) is 3.16. The maximum Gasteiger partial charge on any atom is 0.249 e. The SMILES string of the molecule is NC[C@H]1CC[C@@H](C(=O)NCC(=O)N2CCN(c3ccc(Cl)cc3)CC2)O1. The highest BCUT2D eigenvalue weighted by Crippen LogP contribution is 2.20. The lowest BCUT2D eigenvalue weighted by Crippen LogP contribution is -2.51. The van der Waals surface area contributed by atoms with E-state index in [2.05, 4.69) is 10.2 Å². The van der Waals surface area contributed by atoms with Gasteiger partial charge in [0.1, 0.15) is 6.10 Å². The molecular formula is C18H25ClN4O3. The van der Waals surface area contributed by atoms with Crippen LogP contribution in [0.15, 0.2) is 24.3 Å². The lowest BCUT2D eigenvalue weighted by molar-refractivity contribution is -0.137. The molecule has 3 N–H and O–H groups in total. The van der Waals surface area contributed by atoms with Crippen molar-refractivity contribution in [2.24, 2.45) is 5.73 Å². The van der Waals surface area contributed by atoms with Gasteiger partial charge in [-0.2, -0.15) is 0 Å². The number of amides is 2. The van der Waals surface area contributed by atoms with Gasteiger partial charge in [0, 0.05) is 43.4 Å². The molecule has 1 aromatic rings. The minimum Gasteiger partial charge on any atom is -0.368 e. The Hall–Kier alpha value is -1.83. The van der Waals surface area contributed by atoms with Gasteiger partial charge in [-0.05, 0) is 37.1 Å². The zero-order valence-corrected chi connectivity index (χ0v) is 15.5. The molecule has 0 saturated carbocycles. The zero-order valence-electron chi connectivity index (χ0n) is 14.7. The van der Waals surface area contributed by atoms with Crippen molar-refractivity contribution in [2.75, 3.05) is 44.2 Å². The Morgan fingerprint density at radius 3 is 2.46 bits per heavy atom. The third-order valence-electron chi connectivity index (χ3n) is 4.90. The molecule has 3 rings (SSSR count). The molecule has 0 radical (unpaired) electrons. The van der Waals surface area contributed by atoms with Crippen LogP contribution >= 0.6 is 11.6 Å². The van der Waals surface area contributed by atoms with Crippen LogP contribution in [-0.2, 0) is 14.3 Å². The highest BCUT2D eigenvalue weighted by molar-refractivity contribution is 6.30. The van der Waals surface area contributed by atoms with E-state index in [1.807, 2.05) is 24.3 Å². The number of anilines is 1. The first kappa shape index (κ1) is 18.9. The van der Waals surface area contributed by atoms with Gasteiger partial charge in [0.25, 0.3) is 0 Å². The number of halogens is 1. The van der Waals surface area contributed by atoms with Crippen molar-refractivity contribution < 1.29 is 14.3 Å². The summed E-state index contributed by atoms with van der Waals surface area (Å²) in [6, 6.07) is 7.70. The molecule has 2 aliphatic rings. The molecule has 8 heteroatoms. The average molecular weight is 381 g/mol. The van der Waals surface area contributed by atoms with E-state index >= 15 is 0 Å². The molecule has 0 aromatic heterocycles. The Kier molecular flexibility index (Phi) is 6.34. The van der Waals surface area contributed by atoms with Gasteiger partial charge >= 0.3 is 0 Å².